The molecule has 0 aliphatic carbocycles. The molecule has 0 N–H and O–H groups in total. The molecule has 0 unspecified atom stereocenters. The van der Waals surface area contributed by atoms with Crippen molar-refractivity contribution in [3.8, 4) is 0 Å². The highest BCUT2D eigenvalue weighted by atomic mass is 35.5. The Morgan fingerprint density at radius 2 is 1.13 bits per heavy atom. The maximum atomic E-state index is 13.4. The smallest absolute Gasteiger partial charge is 0.163 e. The predicted molar refractivity (Wildman–Crippen MR) is 60.1 cm³/mol. The van der Waals surface area contributed by atoms with Crippen LogP contribution in [0.15, 0.2) is 0 Å². The van der Waals surface area contributed by atoms with E-state index < -0.39 is 22.1 Å². The monoisotopic (exact) mass is 272 g/mol. The van der Waals surface area contributed by atoms with Crippen molar-refractivity contribution < 1.29 is 8.78 Å². The molecule has 0 spiro atoms. The van der Waals surface area contributed by atoms with Crippen molar-refractivity contribution in [1.29, 1.82) is 0 Å². The highest BCUT2D eigenvalue weighted by Gasteiger charge is 2.28. The summed E-state index contributed by atoms with van der Waals surface area (Å²) in [4.78, 5) is 0. The minimum absolute atomic E-state index is 0.223. The summed E-state index contributed by atoms with van der Waals surface area (Å²) < 4.78 is 26.8. The quantitative estimate of drug-likeness (QED) is 0.449. The molecule has 15 heavy (non-hydrogen) atoms. The van der Waals surface area contributed by atoms with Crippen LogP contribution in [0.5, 0.6) is 0 Å². The maximum absolute atomic E-state index is 13.4. The van der Waals surface area contributed by atoms with E-state index in [2.05, 4.69) is 0 Å². The van der Waals surface area contributed by atoms with Crippen LogP contribution in [0.25, 0.3) is 0 Å². The number of hydrogen-bond acceptors (Lipinski definition) is 0. The van der Waals surface area contributed by atoms with E-state index in [1.54, 1.807) is 20.8 Å². The number of halogens is 5. The summed E-state index contributed by atoms with van der Waals surface area (Å²) in [5, 5.41) is -1.11. The summed E-state index contributed by atoms with van der Waals surface area (Å²) in [5.74, 6) is -1.93. The predicted octanol–water partition coefficient (Wildman–Crippen LogP) is 5.22. The Morgan fingerprint density at radius 3 is 1.40 bits per heavy atom. The van der Waals surface area contributed by atoms with Gasteiger partial charge in [0.1, 0.15) is 5.02 Å². The first-order chi connectivity index (χ1) is 6.68. The van der Waals surface area contributed by atoms with Crippen LogP contribution in [0, 0.1) is 11.6 Å². The summed E-state index contributed by atoms with van der Waals surface area (Å²) in [7, 11) is 0. The summed E-state index contributed by atoms with van der Waals surface area (Å²) in [5.41, 5.74) is -0.328. The summed E-state index contributed by atoms with van der Waals surface area (Å²) >= 11 is 16.9. The molecule has 0 aromatic heterocycles. The van der Waals surface area contributed by atoms with E-state index in [1.807, 2.05) is 0 Å². The molecule has 84 valence electrons. The fourth-order valence-electron chi connectivity index (χ4n) is 1.26. The Kier molecular flexibility index (Phi) is 3.54. The van der Waals surface area contributed by atoms with Crippen molar-refractivity contribution in [2.24, 2.45) is 0 Å². The van der Waals surface area contributed by atoms with Gasteiger partial charge in [-0.2, -0.15) is 0 Å². The Hall–Kier alpha value is -0.0500. The standard InChI is InChI=1S/C10H9Cl3F2/c1-10(2,3)4-5(11)8(14)7(13)9(15)6(4)12/h1-3H3. The van der Waals surface area contributed by atoms with Gasteiger partial charge in [-0.25, -0.2) is 8.78 Å². The van der Waals surface area contributed by atoms with E-state index >= 15 is 0 Å². The molecule has 0 fully saturated rings. The zero-order valence-electron chi connectivity index (χ0n) is 8.39. The third-order valence-corrected chi connectivity index (χ3v) is 3.00. The lowest BCUT2D eigenvalue weighted by molar-refractivity contribution is 0.546. The highest BCUT2D eigenvalue weighted by molar-refractivity contribution is 6.39. The molecule has 1 aromatic carbocycles. The van der Waals surface area contributed by atoms with Crippen LogP contribution in [-0.4, -0.2) is 0 Å². The maximum Gasteiger partial charge on any atom is 0.163 e. The van der Waals surface area contributed by atoms with Crippen molar-refractivity contribution in [2.45, 2.75) is 26.2 Å². The Labute approximate surface area is 102 Å². The average Bonchev–Trinajstić information content (AvgIpc) is 2.09. The largest absolute Gasteiger partial charge is 0.204 e. The molecule has 0 heterocycles. The Morgan fingerprint density at radius 1 is 0.800 bits per heavy atom. The fraction of sp³-hybridized carbons (Fsp3) is 0.400. The van der Waals surface area contributed by atoms with Gasteiger partial charge in [0, 0.05) is 5.56 Å². The van der Waals surface area contributed by atoms with Crippen LogP contribution in [-0.2, 0) is 5.41 Å². The summed E-state index contributed by atoms with van der Waals surface area (Å²) in [6.45, 7) is 5.27. The van der Waals surface area contributed by atoms with Gasteiger partial charge in [0.15, 0.2) is 11.6 Å². The lowest BCUT2D eigenvalue weighted by Crippen LogP contribution is -2.14. The molecule has 0 aliphatic rings. The van der Waals surface area contributed by atoms with Crippen molar-refractivity contribution in [2.75, 3.05) is 0 Å². The van der Waals surface area contributed by atoms with E-state index in [9.17, 15) is 8.78 Å². The molecule has 5 heteroatoms. The van der Waals surface area contributed by atoms with Gasteiger partial charge in [0.05, 0.1) is 10.0 Å². The zero-order chi connectivity index (χ0) is 12.0. The second kappa shape index (κ2) is 4.08. The van der Waals surface area contributed by atoms with Crippen LogP contribution >= 0.6 is 34.8 Å². The number of hydrogen-bond donors (Lipinski definition) is 0. The van der Waals surface area contributed by atoms with Crippen molar-refractivity contribution >= 4 is 34.8 Å². The Balaban J connectivity index is 3.68. The van der Waals surface area contributed by atoms with Crippen molar-refractivity contribution in [3.05, 3.63) is 32.3 Å². The summed E-state index contributed by atoms with van der Waals surface area (Å²) in [6.07, 6.45) is 0. The van der Waals surface area contributed by atoms with Gasteiger partial charge < -0.3 is 0 Å². The molecular weight excluding hydrogens is 264 g/mol. The van der Waals surface area contributed by atoms with Crippen LogP contribution in [0.2, 0.25) is 15.1 Å². The molecule has 0 nitrogen and oxygen atoms in total. The van der Waals surface area contributed by atoms with Gasteiger partial charge >= 0.3 is 0 Å². The number of benzene rings is 1. The molecule has 1 aromatic rings. The van der Waals surface area contributed by atoms with E-state index in [-0.39, 0.29) is 15.6 Å². The van der Waals surface area contributed by atoms with Gasteiger partial charge in [0.25, 0.3) is 0 Å². The minimum atomic E-state index is -0.967. The zero-order valence-corrected chi connectivity index (χ0v) is 10.7. The lowest BCUT2D eigenvalue weighted by atomic mass is 9.86. The van der Waals surface area contributed by atoms with Gasteiger partial charge in [-0.3, -0.25) is 0 Å². The van der Waals surface area contributed by atoms with Crippen LogP contribution < -0.4 is 0 Å². The molecule has 0 saturated carbocycles. The number of rotatable bonds is 0. The normalized spacial score (nSPS) is 12.0. The second-order valence-electron chi connectivity index (χ2n) is 4.19. The molecule has 0 radical (unpaired) electrons. The first-order valence-corrected chi connectivity index (χ1v) is 5.33. The van der Waals surface area contributed by atoms with Crippen molar-refractivity contribution in [3.63, 3.8) is 0 Å². The van der Waals surface area contributed by atoms with E-state index in [0.717, 1.165) is 0 Å². The molecule has 0 atom stereocenters. The highest BCUT2D eigenvalue weighted by Crippen LogP contribution is 2.41. The first kappa shape index (κ1) is 13.0. The van der Waals surface area contributed by atoms with E-state index in [0.29, 0.717) is 0 Å². The SMILES string of the molecule is CC(C)(C)c1c(Cl)c(F)c(Cl)c(F)c1Cl. The molecule has 0 amide bonds. The lowest BCUT2D eigenvalue weighted by Gasteiger charge is -2.23. The fourth-order valence-corrected chi connectivity index (χ4v) is 2.54. The van der Waals surface area contributed by atoms with Crippen LogP contribution in [0.4, 0.5) is 8.78 Å². The van der Waals surface area contributed by atoms with Crippen molar-refractivity contribution in [1.82, 2.24) is 0 Å². The van der Waals surface area contributed by atoms with Gasteiger partial charge in [0.2, 0.25) is 0 Å². The van der Waals surface area contributed by atoms with Crippen LogP contribution in [0.3, 0.4) is 0 Å². The molecule has 0 saturated heterocycles. The second-order valence-corrected chi connectivity index (χ2v) is 5.33. The molecule has 0 aliphatic heterocycles. The van der Waals surface area contributed by atoms with Gasteiger partial charge in [-0.1, -0.05) is 55.6 Å². The van der Waals surface area contributed by atoms with Gasteiger partial charge in [-0.05, 0) is 5.41 Å². The Bertz CT molecular complexity index is 379. The molecule has 1 rings (SSSR count). The molecule has 0 bridgehead atoms. The summed E-state index contributed by atoms with van der Waals surface area (Å²) in [6, 6.07) is 0. The minimum Gasteiger partial charge on any atom is -0.204 e. The third kappa shape index (κ3) is 2.22. The molecular formula is C10H9Cl3F2. The van der Waals surface area contributed by atoms with Crippen LogP contribution in [0.1, 0.15) is 26.3 Å². The topological polar surface area (TPSA) is 0 Å². The van der Waals surface area contributed by atoms with E-state index in [4.69, 9.17) is 34.8 Å². The average molecular weight is 274 g/mol. The van der Waals surface area contributed by atoms with E-state index in [1.165, 1.54) is 0 Å². The third-order valence-electron chi connectivity index (χ3n) is 1.96. The first-order valence-electron chi connectivity index (χ1n) is 4.19. The van der Waals surface area contributed by atoms with Gasteiger partial charge in [-0.15, -0.1) is 0 Å².